The molecule has 76 valence electrons. The van der Waals surface area contributed by atoms with Crippen LogP contribution in [0.2, 0.25) is 0 Å². The predicted molar refractivity (Wildman–Crippen MR) is 56.7 cm³/mol. The quantitative estimate of drug-likeness (QED) is 0.663. The zero-order chi connectivity index (χ0) is 9.90. The van der Waals surface area contributed by atoms with Crippen molar-refractivity contribution in [2.24, 2.45) is 11.7 Å². The molecule has 1 amide bonds. The number of hydrogen-bond acceptors (Lipinski definition) is 3. The molecule has 0 saturated heterocycles. The minimum atomic E-state index is -0.436. The molecule has 3 nitrogen and oxygen atoms in total. The molecule has 1 saturated carbocycles. The van der Waals surface area contributed by atoms with E-state index in [9.17, 15) is 4.79 Å². The van der Waals surface area contributed by atoms with Gasteiger partial charge in [0.25, 0.3) is 0 Å². The summed E-state index contributed by atoms with van der Waals surface area (Å²) in [5.41, 5.74) is 5.03. The summed E-state index contributed by atoms with van der Waals surface area (Å²) in [4.78, 5) is 11.4. The van der Waals surface area contributed by atoms with Gasteiger partial charge in [-0.25, -0.2) is 0 Å². The van der Waals surface area contributed by atoms with Crippen molar-refractivity contribution in [2.75, 3.05) is 18.6 Å². The van der Waals surface area contributed by atoms with E-state index in [4.69, 9.17) is 5.73 Å². The number of likely N-dealkylation sites (N-methyl/N-ethyl adjacent to an activating group) is 1. The van der Waals surface area contributed by atoms with E-state index in [2.05, 4.69) is 5.32 Å². The molecule has 1 aliphatic rings. The molecule has 0 radical (unpaired) electrons. The molecule has 1 atom stereocenters. The number of primary amides is 1. The molecule has 0 aromatic rings. The highest BCUT2D eigenvalue weighted by atomic mass is 32.2. The first kappa shape index (κ1) is 10.9. The lowest BCUT2D eigenvalue weighted by Gasteiger charge is -2.30. The first-order chi connectivity index (χ1) is 6.17. The molecule has 0 spiro atoms. The summed E-state index contributed by atoms with van der Waals surface area (Å²) in [6, 6.07) is 0. The van der Waals surface area contributed by atoms with Crippen LogP contribution < -0.4 is 11.1 Å². The van der Waals surface area contributed by atoms with Crippen LogP contribution in [0.15, 0.2) is 0 Å². The molecule has 0 aromatic carbocycles. The van der Waals surface area contributed by atoms with E-state index in [1.54, 1.807) is 11.8 Å². The summed E-state index contributed by atoms with van der Waals surface area (Å²) >= 11 is 1.68. The Bertz CT molecular complexity index is 186. The van der Waals surface area contributed by atoms with Crippen molar-refractivity contribution in [3.63, 3.8) is 0 Å². The number of carbonyl (C=O) groups excluding carboxylic acids is 1. The van der Waals surface area contributed by atoms with E-state index in [1.807, 2.05) is 13.2 Å². The first-order valence-electron chi connectivity index (χ1n) is 4.71. The molecule has 13 heavy (non-hydrogen) atoms. The van der Waals surface area contributed by atoms with E-state index in [-0.39, 0.29) is 5.91 Å². The number of nitrogens with one attached hydrogen (secondary N) is 1. The number of rotatable bonds is 6. The molecule has 1 unspecified atom stereocenters. The van der Waals surface area contributed by atoms with Gasteiger partial charge in [0.1, 0.15) is 5.54 Å². The maximum atomic E-state index is 11.4. The van der Waals surface area contributed by atoms with Gasteiger partial charge in [0.05, 0.1) is 0 Å². The van der Waals surface area contributed by atoms with Crippen LogP contribution in [0.1, 0.15) is 19.8 Å². The minimum absolute atomic E-state index is 0.189. The Morgan fingerprint density at radius 1 is 1.69 bits per heavy atom. The minimum Gasteiger partial charge on any atom is -0.368 e. The Hall–Kier alpha value is -0.220. The van der Waals surface area contributed by atoms with E-state index in [0.29, 0.717) is 5.92 Å². The molecular weight excluding hydrogens is 184 g/mol. The second kappa shape index (κ2) is 4.33. The second-order valence-corrected chi connectivity index (χ2v) is 4.44. The zero-order valence-electron chi connectivity index (χ0n) is 8.30. The van der Waals surface area contributed by atoms with Gasteiger partial charge in [0.15, 0.2) is 0 Å². The maximum absolute atomic E-state index is 11.4. The number of hydrogen-bond donors (Lipinski definition) is 2. The van der Waals surface area contributed by atoms with Crippen molar-refractivity contribution < 1.29 is 4.79 Å². The fourth-order valence-electron chi connectivity index (χ4n) is 1.79. The third-order valence-electron chi connectivity index (χ3n) is 2.58. The summed E-state index contributed by atoms with van der Waals surface area (Å²) < 4.78 is 0. The molecule has 4 heteroatoms. The van der Waals surface area contributed by atoms with Crippen LogP contribution >= 0.6 is 11.8 Å². The average Bonchev–Trinajstić information content (AvgIpc) is 2.85. The van der Waals surface area contributed by atoms with Gasteiger partial charge in [0, 0.05) is 5.75 Å². The van der Waals surface area contributed by atoms with Gasteiger partial charge in [-0.2, -0.15) is 11.8 Å². The summed E-state index contributed by atoms with van der Waals surface area (Å²) in [7, 11) is 0. The molecule has 0 heterocycles. The monoisotopic (exact) mass is 202 g/mol. The number of nitrogens with two attached hydrogens (primary N) is 1. The Kier molecular flexibility index (Phi) is 3.62. The Balaban J connectivity index is 2.72. The molecule has 0 aliphatic heterocycles. The average molecular weight is 202 g/mol. The Labute approximate surface area is 83.8 Å². The van der Waals surface area contributed by atoms with Gasteiger partial charge in [-0.1, -0.05) is 6.92 Å². The van der Waals surface area contributed by atoms with E-state index in [0.717, 1.165) is 25.1 Å². The molecule has 3 N–H and O–H groups in total. The van der Waals surface area contributed by atoms with Crippen LogP contribution in [0.3, 0.4) is 0 Å². The Morgan fingerprint density at radius 2 is 2.31 bits per heavy atom. The predicted octanol–water partition coefficient (Wildman–Crippen LogP) is 0.593. The third kappa shape index (κ3) is 2.17. The zero-order valence-corrected chi connectivity index (χ0v) is 9.12. The van der Waals surface area contributed by atoms with Crippen molar-refractivity contribution in [1.82, 2.24) is 5.32 Å². The largest absolute Gasteiger partial charge is 0.368 e. The standard InChI is InChI=1S/C9H18N2OS/c1-3-11-9(6-13-2,8(10)12)7-4-5-7/h7,11H,3-6H2,1-2H3,(H2,10,12). The van der Waals surface area contributed by atoms with Crippen molar-refractivity contribution >= 4 is 17.7 Å². The topological polar surface area (TPSA) is 55.1 Å². The van der Waals surface area contributed by atoms with Crippen LogP contribution in [0.4, 0.5) is 0 Å². The smallest absolute Gasteiger partial charge is 0.238 e. The van der Waals surface area contributed by atoms with Gasteiger partial charge in [-0.3, -0.25) is 4.79 Å². The van der Waals surface area contributed by atoms with Gasteiger partial charge < -0.3 is 11.1 Å². The molecule has 1 rings (SSSR count). The van der Waals surface area contributed by atoms with Crippen LogP contribution in [-0.4, -0.2) is 30.0 Å². The molecule has 0 aromatic heterocycles. The number of carbonyl (C=O) groups is 1. The second-order valence-electron chi connectivity index (χ2n) is 3.57. The third-order valence-corrected chi connectivity index (χ3v) is 3.32. The number of thioether (sulfide) groups is 1. The van der Waals surface area contributed by atoms with Gasteiger partial charge >= 0.3 is 0 Å². The van der Waals surface area contributed by atoms with Crippen LogP contribution in [0, 0.1) is 5.92 Å². The van der Waals surface area contributed by atoms with Crippen molar-refractivity contribution in [1.29, 1.82) is 0 Å². The fraction of sp³-hybridized carbons (Fsp3) is 0.889. The molecular formula is C9H18N2OS. The highest BCUT2D eigenvalue weighted by Gasteiger charge is 2.48. The molecule has 0 bridgehead atoms. The molecule has 1 aliphatic carbocycles. The van der Waals surface area contributed by atoms with Crippen molar-refractivity contribution in [3.05, 3.63) is 0 Å². The SMILES string of the molecule is CCNC(CSC)(C(N)=O)C1CC1. The summed E-state index contributed by atoms with van der Waals surface area (Å²) in [6.45, 7) is 2.82. The van der Waals surface area contributed by atoms with Gasteiger partial charge in [0.2, 0.25) is 5.91 Å². The van der Waals surface area contributed by atoms with Gasteiger partial charge in [-0.05, 0) is 31.6 Å². The van der Waals surface area contributed by atoms with E-state index < -0.39 is 5.54 Å². The lowest BCUT2D eigenvalue weighted by atomic mass is 9.94. The van der Waals surface area contributed by atoms with Gasteiger partial charge in [-0.15, -0.1) is 0 Å². The first-order valence-corrected chi connectivity index (χ1v) is 6.10. The fourth-order valence-corrected chi connectivity index (χ4v) is 2.73. The van der Waals surface area contributed by atoms with E-state index in [1.165, 1.54) is 0 Å². The maximum Gasteiger partial charge on any atom is 0.238 e. The highest BCUT2D eigenvalue weighted by Crippen LogP contribution is 2.41. The highest BCUT2D eigenvalue weighted by molar-refractivity contribution is 7.98. The van der Waals surface area contributed by atoms with Crippen molar-refractivity contribution in [3.8, 4) is 0 Å². The summed E-state index contributed by atoms with van der Waals surface area (Å²) in [5.74, 6) is 1.07. The van der Waals surface area contributed by atoms with Crippen LogP contribution in [0.25, 0.3) is 0 Å². The lowest BCUT2D eigenvalue weighted by Crippen LogP contribution is -2.59. The normalized spacial score (nSPS) is 21.1. The molecule has 1 fully saturated rings. The Morgan fingerprint density at radius 3 is 2.62 bits per heavy atom. The van der Waals surface area contributed by atoms with E-state index >= 15 is 0 Å². The summed E-state index contributed by atoms with van der Waals surface area (Å²) in [5, 5.41) is 3.26. The summed E-state index contributed by atoms with van der Waals surface area (Å²) in [6.07, 6.45) is 4.28. The van der Waals surface area contributed by atoms with Crippen LogP contribution in [-0.2, 0) is 4.79 Å². The lowest BCUT2D eigenvalue weighted by molar-refractivity contribution is -0.124. The number of amides is 1. The van der Waals surface area contributed by atoms with Crippen LogP contribution in [0.5, 0.6) is 0 Å². The van der Waals surface area contributed by atoms with Crippen molar-refractivity contribution in [2.45, 2.75) is 25.3 Å².